The van der Waals surface area contributed by atoms with Crippen molar-refractivity contribution in [2.24, 2.45) is 0 Å². The highest BCUT2D eigenvalue weighted by Gasteiger charge is 2.16. The van der Waals surface area contributed by atoms with E-state index in [1.165, 1.54) is 25.7 Å². The highest BCUT2D eigenvalue weighted by atomic mass is 32.2. The summed E-state index contributed by atoms with van der Waals surface area (Å²) < 4.78 is 0. The maximum Gasteiger partial charge on any atom is 0.0812 e. The van der Waals surface area contributed by atoms with Crippen molar-refractivity contribution in [3.05, 3.63) is 0 Å². The van der Waals surface area contributed by atoms with Crippen LogP contribution >= 0.6 is 11.8 Å². The van der Waals surface area contributed by atoms with Gasteiger partial charge >= 0.3 is 0 Å². The highest BCUT2D eigenvalue weighted by molar-refractivity contribution is 7.99. The standard InChI is InChI=1S/C11H25NOS/c1-5-6-7-8-9-14-11(10(2)13)12(3)4/h10-11,13H,5-9H2,1-4H3. The van der Waals surface area contributed by atoms with Crippen LogP contribution in [0.4, 0.5) is 0 Å². The van der Waals surface area contributed by atoms with Gasteiger partial charge in [-0.2, -0.15) is 0 Å². The second-order valence-corrected chi connectivity index (χ2v) is 5.25. The average Bonchev–Trinajstić information content (AvgIpc) is 2.09. The minimum atomic E-state index is -0.249. The van der Waals surface area contributed by atoms with Crippen molar-refractivity contribution in [1.29, 1.82) is 0 Å². The van der Waals surface area contributed by atoms with Crippen molar-refractivity contribution >= 4 is 11.8 Å². The monoisotopic (exact) mass is 219 g/mol. The van der Waals surface area contributed by atoms with Crippen molar-refractivity contribution < 1.29 is 5.11 Å². The van der Waals surface area contributed by atoms with Gasteiger partial charge < -0.3 is 5.11 Å². The molecule has 0 amide bonds. The van der Waals surface area contributed by atoms with Crippen LogP contribution in [0.2, 0.25) is 0 Å². The smallest absolute Gasteiger partial charge is 0.0812 e. The Balaban J connectivity index is 3.52. The molecule has 0 radical (unpaired) electrons. The van der Waals surface area contributed by atoms with E-state index in [0.717, 1.165) is 5.75 Å². The molecule has 2 nitrogen and oxygen atoms in total. The first-order valence-corrected chi connectivity index (χ1v) is 6.60. The van der Waals surface area contributed by atoms with Crippen LogP contribution in [0, 0.1) is 0 Å². The lowest BCUT2D eigenvalue weighted by Gasteiger charge is -2.26. The Labute approximate surface area is 93.1 Å². The van der Waals surface area contributed by atoms with Crippen molar-refractivity contribution in [3.8, 4) is 0 Å². The minimum Gasteiger partial charge on any atom is -0.391 e. The molecular weight excluding hydrogens is 194 g/mol. The van der Waals surface area contributed by atoms with E-state index in [1.807, 2.05) is 32.8 Å². The Morgan fingerprint density at radius 1 is 1.21 bits per heavy atom. The Morgan fingerprint density at radius 3 is 2.29 bits per heavy atom. The molecule has 0 rings (SSSR count). The molecule has 0 saturated carbocycles. The topological polar surface area (TPSA) is 23.5 Å². The third kappa shape index (κ3) is 6.68. The van der Waals surface area contributed by atoms with Gasteiger partial charge in [0.15, 0.2) is 0 Å². The Bertz CT molecular complexity index is 120. The fraction of sp³-hybridized carbons (Fsp3) is 1.00. The van der Waals surface area contributed by atoms with E-state index in [0.29, 0.717) is 0 Å². The van der Waals surface area contributed by atoms with Crippen molar-refractivity contribution in [3.63, 3.8) is 0 Å². The van der Waals surface area contributed by atoms with E-state index in [2.05, 4.69) is 11.8 Å². The molecule has 0 saturated heterocycles. The van der Waals surface area contributed by atoms with Crippen molar-refractivity contribution in [2.45, 2.75) is 51.0 Å². The fourth-order valence-corrected chi connectivity index (χ4v) is 2.64. The Hall–Kier alpha value is 0.270. The molecule has 0 aliphatic carbocycles. The molecule has 3 heteroatoms. The predicted octanol–water partition coefficient (Wildman–Crippen LogP) is 2.57. The largest absolute Gasteiger partial charge is 0.391 e. The SMILES string of the molecule is CCCCCCSC(C(C)O)N(C)C. The summed E-state index contributed by atoms with van der Waals surface area (Å²) >= 11 is 1.86. The lowest BCUT2D eigenvalue weighted by molar-refractivity contribution is 0.136. The van der Waals surface area contributed by atoms with E-state index in [1.54, 1.807) is 0 Å². The van der Waals surface area contributed by atoms with Crippen LogP contribution in [0.25, 0.3) is 0 Å². The highest BCUT2D eigenvalue weighted by Crippen LogP contribution is 2.19. The van der Waals surface area contributed by atoms with Gasteiger partial charge in [0.1, 0.15) is 0 Å². The first-order chi connectivity index (χ1) is 6.59. The van der Waals surface area contributed by atoms with Gasteiger partial charge in [0, 0.05) is 0 Å². The third-order valence-corrected chi connectivity index (χ3v) is 3.89. The van der Waals surface area contributed by atoms with Crippen molar-refractivity contribution in [1.82, 2.24) is 4.90 Å². The number of likely N-dealkylation sites (N-methyl/N-ethyl adjacent to an activating group) is 1. The normalized spacial score (nSPS) is 15.9. The first-order valence-electron chi connectivity index (χ1n) is 5.55. The number of thioether (sulfide) groups is 1. The number of rotatable bonds is 8. The lowest BCUT2D eigenvalue weighted by Crippen LogP contribution is -2.34. The second-order valence-electron chi connectivity index (χ2n) is 4.03. The number of unbranched alkanes of at least 4 members (excludes halogenated alkanes) is 3. The molecule has 0 aromatic carbocycles. The van der Waals surface area contributed by atoms with E-state index in [9.17, 15) is 5.11 Å². The maximum atomic E-state index is 9.52. The molecule has 2 unspecified atom stereocenters. The van der Waals surface area contributed by atoms with Crippen LogP contribution in [0.5, 0.6) is 0 Å². The summed E-state index contributed by atoms with van der Waals surface area (Å²) in [6.07, 6.45) is 4.97. The summed E-state index contributed by atoms with van der Waals surface area (Å²) in [5.74, 6) is 1.16. The average molecular weight is 219 g/mol. The summed E-state index contributed by atoms with van der Waals surface area (Å²) in [5.41, 5.74) is 0. The maximum absolute atomic E-state index is 9.52. The van der Waals surface area contributed by atoms with E-state index < -0.39 is 0 Å². The summed E-state index contributed by atoms with van der Waals surface area (Å²) in [5, 5.41) is 9.77. The quantitative estimate of drug-likeness (QED) is 0.501. The molecule has 0 aliphatic heterocycles. The molecule has 0 aliphatic rings. The van der Waals surface area contributed by atoms with Gasteiger partial charge in [-0.1, -0.05) is 26.2 Å². The lowest BCUT2D eigenvalue weighted by atomic mass is 10.2. The molecule has 1 N–H and O–H groups in total. The number of aliphatic hydroxyl groups excluding tert-OH is 1. The fourth-order valence-electron chi connectivity index (χ4n) is 1.45. The Morgan fingerprint density at radius 2 is 1.86 bits per heavy atom. The number of hydrogen-bond donors (Lipinski definition) is 1. The van der Waals surface area contributed by atoms with Gasteiger partial charge in [0.05, 0.1) is 11.5 Å². The van der Waals surface area contributed by atoms with Gasteiger partial charge in [0.25, 0.3) is 0 Å². The number of aliphatic hydroxyl groups is 1. The molecule has 0 aromatic rings. The van der Waals surface area contributed by atoms with E-state index >= 15 is 0 Å². The molecule has 86 valence electrons. The van der Waals surface area contributed by atoms with E-state index in [4.69, 9.17) is 0 Å². The zero-order chi connectivity index (χ0) is 11.0. The zero-order valence-electron chi connectivity index (χ0n) is 9.99. The second kappa shape index (κ2) is 8.57. The van der Waals surface area contributed by atoms with Gasteiger partial charge in [-0.15, -0.1) is 11.8 Å². The zero-order valence-corrected chi connectivity index (χ0v) is 10.8. The summed E-state index contributed by atoms with van der Waals surface area (Å²) in [6.45, 7) is 4.09. The third-order valence-electron chi connectivity index (χ3n) is 2.21. The Kier molecular flexibility index (Phi) is 8.73. The number of hydrogen-bond acceptors (Lipinski definition) is 3. The summed E-state index contributed by atoms with van der Waals surface area (Å²) in [7, 11) is 4.05. The molecule has 0 heterocycles. The first kappa shape index (κ1) is 14.3. The van der Waals surface area contributed by atoms with Gasteiger partial charge in [-0.05, 0) is 33.2 Å². The molecule has 2 atom stereocenters. The van der Waals surface area contributed by atoms with Crippen LogP contribution in [-0.4, -0.2) is 41.3 Å². The van der Waals surface area contributed by atoms with E-state index in [-0.39, 0.29) is 11.5 Å². The molecule has 14 heavy (non-hydrogen) atoms. The molecule has 0 fully saturated rings. The van der Waals surface area contributed by atoms with Crippen LogP contribution < -0.4 is 0 Å². The predicted molar refractivity (Wildman–Crippen MR) is 65.8 cm³/mol. The molecular formula is C11H25NOS. The van der Waals surface area contributed by atoms with Crippen LogP contribution in [0.15, 0.2) is 0 Å². The molecule has 0 bridgehead atoms. The molecule has 0 aromatic heterocycles. The van der Waals surface area contributed by atoms with Crippen LogP contribution in [0.3, 0.4) is 0 Å². The van der Waals surface area contributed by atoms with Gasteiger partial charge in [-0.25, -0.2) is 0 Å². The summed E-state index contributed by atoms with van der Waals surface area (Å²) in [4.78, 5) is 2.09. The van der Waals surface area contributed by atoms with Gasteiger partial charge in [-0.3, -0.25) is 4.90 Å². The number of nitrogens with zero attached hydrogens (tertiary/aromatic N) is 1. The minimum absolute atomic E-state index is 0.247. The van der Waals surface area contributed by atoms with Crippen molar-refractivity contribution in [2.75, 3.05) is 19.8 Å². The van der Waals surface area contributed by atoms with Gasteiger partial charge in [0.2, 0.25) is 0 Å². The van der Waals surface area contributed by atoms with Crippen LogP contribution in [-0.2, 0) is 0 Å². The van der Waals surface area contributed by atoms with Crippen LogP contribution in [0.1, 0.15) is 39.5 Å². The molecule has 0 spiro atoms. The summed E-state index contributed by atoms with van der Waals surface area (Å²) in [6, 6.07) is 0.